The van der Waals surface area contributed by atoms with Gasteiger partial charge in [0, 0.05) is 24.2 Å². The average molecular weight is 262 g/mol. The van der Waals surface area contributed by atoms with Gasteiger partial charge in [-0.1, -0.05) is 6.07 Å². The Labute approximate surface area is 111 Å². The van der Waals surface area contributed by atoms with Crippen LogP contribution in [0.25, 0.3) is 0 Å². The lowest BCUT2D eigenvalue weighted by molar-refractivity contribution is 0.781. The quantitative estimate of drug-likeness (QED) is 0.920. The third-order valence-corrected chi connectivity index (χ3v) is 3.62. The normalized spacial score (nSPS) is 12.4. The molecule has 2 aromatic rings. The van der Waals surface area contributed by atoms with Gasteiger partial charge in [-0.3, -0.25) is 4.98 Å². The van der Waals surface area contributed by atoms with E-state index in [2.05, 4.69) is 14.9 Å². The summed E-state index contributed by atoms with van der Waals surface area (Å²) in [6, 6.07) is 6.05. The molecule has 4 nitrogen and oxygen atoms in total. The van der Waals surface area contributed by atoms with E-state index in [1.807, 2.05) is 44.5 Å². The lowest BCUT2D eigenvalue weighted by Crippen LogP contribution is -2.17. The Bertz CT molecular complexity index is 521. The molecule has 0 aliphatic heterocycles. The minimum Gasteiger partial charge on any atom is -0.345 e. The number of thiazole rings is 1. The zero-order valence-electron chi connectivity index (χ0n) is 10.9. The summed E-state index contributed by atoms with van der Waals surface area (Å²) in [4.78, 5) is 11.1. The molecule has 0 saturated carbocycles. The lowest BCUT2D eigenvalue weighted by Gasteiger charge is -2.15. The fourth-order valence-corrected chi connectivity index (χ4v) is 2.55. The summed E-state index contributed by atoms with van der Waals surface area (Å²) in [6.45, 7) is 4.70. The first-order valence-corrected chi connectivity index (χ1v) is 6.79. The monoisotopic (exact) mass is 262 g/mol. The smallest absolute Gasteiger partial charge is 0.185 e. The second-order valence-corrected chi connectivity index (χ2v) is 5.31. The summed E-state index contributed by atoms with van der Waals surface area (Å²) in [7, 11) is 2.02. The van der Waals surface area contributed by atoms with Crippen LogP contribution in [-0.2, 0) is 6.54 Å². The molecule has 0 aliphatic carbocycles. The van der Waals surface area contributed by atoms with E-state index in [0.29, 0.717) is 0 Å². The van der Waals surface area contributed by atoms with E-state index in [1.54, 1.807) is 11.3 Å². The molecule has 2 aromatic heterocycles. The Morgan fingerprint density at radius 3 is 2.78 bits per heavy atom. The molecule has 96 valence electrons. The molecule has 0 amide bonds. The first kappa shape index (κ1) is 13.0. The van der Waals surface area contributed by atoms with Crippen molar-refractivity contribution in [2.75, 3.05) is 11.9 Å². The molecule has 0 saturated heterocycles. The van der Waals surface area contributed by atoms with Gasteiger partial charge >= 0.3 is 0 Å². The molecule has 2 rings (SSSR count). The highest BCUT2D eigenvalue weighted by atomic mass is 32.1. The summed E-state index contributed by atoms with van der Waals surface area (Å²) in [5.74, 6) is 0. The number of hydrogen-bond acceptors (Lipinski definition) is 5. The van der Waals surface area contributed by atoms with Gasteiger partial charge in [0.25, 0.3) is 0 Å². The van der Waals surface area contributed by atoms with Gasteiger partial charge in [-0.05, 0) is 26.0 Å². The lowest BCUT2D eigenvalue weighted by atomic mass is 10.3. The summed E-state index contributed by atoms with van der Waals surface area (Å²) in [6.07, 6.45) is 0. The molecule has 0 bridgehead atoms. The van der Waals surface area contributed by atoms with Crippen LogP contribution in [0, 0.1) is 6.92 Å². The molecule has 0 radical (unpaired) electrons. The molecule has 2 heterocycles. The van der Waals surface area contributed by atoms with Crippen LogP contribution < -0.4 is 10.6 Å². The Balaban J connectivity index is 2.09. The average Bonchev–Trinajstić information content (AvgIpc) is 2.78. The maximum absolute atomic E-state index is 5.81. The summed E-state index contributed by atoms with van der Waals surface area (Å²) < 4.78 is 0. The van der Waals surface area contributed by atoms with Gasteiger partial charge in [0.15, 0.2) is 5.13 Å². The van der Waals surface area contributed by atoms with Crippen LogP contribution in [0.5, 0.6) is 0 Å². The number of nitrogens with two attached hydrogens (primary N) is 1. The second kappa shape index (κ2) is 5.46. The van der Waals surface area contributed by atoms with Crippen molar-refractivity contribution in [3.8, 4) is 0 Å². The van der Waals surface area contributed by atoms with Gasteiger partial charge in [-0.15, -0.1) is 11.3 Å². The van der Waals surface area contributed by atoms with Crippen LogP contribution >= 0.6 is 11.3 Å². The summed E-state index contributed by atoms with van der Waals surface area (Å²) >= 11 is 1.62. The predicted octanol–water partition coefficient (Wildman–Crippen LogP) is 2.50. The van der Waals surface area contributed by atoms with Crippen LogP contribution in [0.15, 0.2) is 23.6 Å². The fraction of sp³-hybridized carbons (Fsp3) is 0.385. The molecule has 5 heteroatoms. The zero-order valence-corrected chi connectivity index (χ0v) is 11.7. The van der Waals surface area contributed by atoms with Crippen molar-refractivity contribution in [1.82, 2.24) is 9.97 Å². The Hall–Kier alpha value is -1.46. The Morgan fingerprint density at radius 2 is 2.17 bits per heavy atom. The highest BCUT2D eigenvalue weighted by Gasteiger charge is 2.10. The molecule has 2 N–H and O–H groups in total. The van der Waals surface area contributed by atoms with Crippen LogP contribution in [0.3, 0.4) is 0 Å². The molecule has 18 heavy (non-hydrogen) atoms. The van der Waals surface area contributed by atoms with Crippen molar-refractivity contribution in [2.45, 2.75) is 26.4 Å². The third kappa shape index (κ3) is 3.05. The van der Waals surface area contributed by atoms with Crippen LogP contribution in [-0.4, -0.2) is 17.0 Å². The Kier molecular flexibility index (Phi) is 3.93. The molecule has 0 fully saturated rings. The number of aromatic nitrogens is 2. The van der Waals surface area contributed by atoms with Gasteiger partial charge in [0.2, 0.25) is 0 Å². The van der Waals surface area contributed by atoms with Crippen molar-refractivity contribution in [3.05, 3.63) is 40.7 Å². The third-order valence-electron chi connectivity index (χ3n) is 2.65. The highest BCUT2D eigenvalue weighted by molar-refractivity contribution is 7.13. The van der Waals surface area contributed by atoms with Crippen molar-refractivity contribution in [3.63, 3.8) is 0 Å². The van der Waals surface area contributed by atoms with Crippen molar-refractivity contribution >= 4 is 16.5 Å². The van der Waals surface area contributed by atoms with E-state index >= 15 is 0 Å². The largest absolute Gasteiger partial charge is 0.345 e. The van der Waals surface area contributed by atoms with E-state index in [1.165, 1.54) is 0 Å². The minimum absolute atomic E-state index is 0.0134. The van der Waals surface area contributed by atoms with Crippen molar-refractivity contribution in [1.29, 1.82) is 0 Å². The van der Waals surface area contributed by atoms with Crippen LogP contribution in [0.1, 0.15) is 30.0 Å². The molecular weight excluding hydrogens is 244 g/mol. The number of aryl methyl sites for hydroxylation is 1. The summed E-state index contributed by atoms with van der Waals surface area (Å²) in [5.41, 5.74) is 8.85. The van der Waals surface area contributed by atoms with Crippen molar-refractivity contribution in [2.24, 2.45) is 5.73 Å². The van der Waals surface area contributed by atoms with E-state index in [-0.39, 0.29) is 6.04 Å². The maximum Gasteiger partial charge on any atom is 0.185 e. The van der Waals surface area contributed by atoms with E-state index in [0.717, 1.165) is 28.8 Å². The maximum atomic E-state index is 5.81. The number of nitrogens with zero attached hydrogens (tertiary/aromatic N) is 3. The van der Waals surface area contributed by atoms with Gasteiger partial charge in [-0.2, -0.15) is 0 Å². The van der Waals surface area contributed by atoms with Gasteiger partial charge in [-0.25, -0.2) is 4.98 Å². The van der Waals surface area contributed by atoms with Crippen LogP contribution in [0.4, 0.5) is 5.13 Å². The topological polar surface area (TPSA) is 55.0 Å². The molecule has 1 atom stereocenters. The number of pyridine rings is 1. The Morgan fingerprint density at radius 1 is 1.39 bits per heavy atom. The SMILES string of the molecule is Cc1cccc(CN(C)c2nc(C(C)N)cs2)n1. The first-order valence-electron chi connectivity index (χ1n) is 5.91. The molecule has 1 unspecified atom stereocenters. The molecular formula is C13H18N4S. The number of hydrogen-bond donors (Lipinski definition) is 1. The molecule has 0 aromatic carbocycles. The minimum atomic E-state index is -0.0134. The standard InChI is InChI=1S/C13H18N4S/c1-9-5-4-6-11(15-9)7-17(3)13-16-12(8-18-13)10(2)14/h4-6,8,10H,7,14H2,1-3H3. The zero-order chi connectivity index (χ0) is 13.1. The summed E-state index contributed by atoms with van der Waals surface area (Å²) in [5, 5.41) is 2.99. The number of rotatable bonds is 4. The van der Waals surface area contributed by atoms with E-state index in [4.69, 9.17) is 5.73 Å². The van der Waals surface area contributed by atoms with E-state index < -0.39 is 0 Å². The highest BCUT2D eigenvalue weighted by Crippen LogP contribution is 2.23. The molecule has 0 aliphatic rings. The second-order valence-electron chi connectivity index (χ2n) is 4.47. The molecule has 0 spiro atoms. The van der Waals surface area contributed by atoms with E-state index in [9.17, 15) is 0 Å². The van der Waals surface area contributed by atoms with Gasteiger partial charge < -0.3 is 10.6 Å². The fourth-order valence-electron chi connectivity index (χ4n) is 1.66. The number of anilines is 1. The van der Waals surface area contributed by atoms with Crippen molar-refractivity contribution < 1.29 is 0 Å². The van der Waals surface area contributed by atoms with Crippen LogP contribution in [0.2, 0.25) is 0 Å². The van der Waals surface area contributed by atoms with Gasteiger partial charge in [0.1, 0.15) is 0 Å². The van der Waals surface area contributed by atoms with Gasteiger partial charge in [0.05, 0.1) is 17.9 Å². The first-order chi connectivity index (χ1) is 8.56. The predicted molar refractivity (Wildman–Crippen MR) is 75.8 cm³/mol.